The molecule has 27 heavy (non-hydrogen) atoms. The molecule has 3 unspecified atom stereocenters. The molecule has 1 aromatic carbocycles. The predicted molar refractivity (Wildman–Crippen MR) is 106 cm³/mol. The molecule has 1 aliphatic heterocycles. The Morgan fingerprint density at radius 2 is 2.22 bits per heavy atom. The van der Waals surface area contributed by atoms with Crippen molar-refractivity contribution in [1.82, 2.24) is 10.6 Å². The Bertz CT molecular complexity index is 732. The van der Waals surface area contributed by atoms with E-state index >= 15 is 0 Å². The minimum atomic E-state index is -0.239. The van der Waals surface area contributed by atoms with Crippen LogP contribution in [-0.2, 0) is 14.3 Å². The highest BCUT2D eigenvalue weighted by Gasteiger charge is 2.40. The average molecular weight is 391 g/mol. The lowest BCUT2D eigenvalue weighted by Crippen LogP contribution is -2.54. The number of carbonyl (C=O) groups excluding carboxylic acids is 2. The third-order valence-electron chi connectivity index (χ3n) is 5.14. The molecule has 6 heteroatoms. The molecule has 2 aliphatic rings. The summed E-state index contributed by atoms with van der Waals surface area (Å²) >= 11 is 6.00. The van der Waals surface area contributed by atoms with Crippen molar-refractivity contribution in [2.75, 3.05) is 6.54 Å². The van der Waals surface area contributed by atoms with Crippen molar-refractivity contribution in [3.63, 3.8) is 0 Å². The standard InChI is InChI=1S/C21H27ClN2O3/c1-13(2)8-9-23-20(25)15-6-7-18-17(12-15)24-21(26)19(27-18)11-14-4-3-5-16(22)10-14/h3-5,10-11,13,15,17-18H,6-9,12H2,1-2H3,(H,23,25)(H,24,26)/b19-11-. The van der Waals surface area contributed by atoms with Gasteiger partial charge in [-0.1, -0.05) is 37.6 Å². The fourth-order valence-electron chi connectivity index (χ4n) is 3.61. The number of halogens is 1. The third kappa shape index (κ3) is 5.25. The van der Waals surface area contributed by atoms with E-state index in [1.807, 2.05) is 12.1 Å². The summed E-state index contributed by atoms with van der Waals surface area (Å²) in [6.07, 6.45) is 4.74. The van der Waals surface area contributed by atoms with Gasteiger partial charge in [0.1, 0.15) is 6.10 Å². The zero-order valence-electron chi connectivity index (χ0n) is 15.8. The van der Waals surface area contributed by atoms with Gasteiger partial charge in [-0.05, 0) is 55.4 Å². The number of amides is 2. The molecule has 2 N–H and O–H groups in total. The average Bonchev–Trinajstić information content (AvgIpc) is 2.61. The molecule has 0 radical (unpaired) electrons. The van der Waals surface area contributed by atoms with Crippen LogP contribution in [0.2, 0.25) is 5.02 Å². The van der Waals surface area contributed by atoms with Crippen LogP contribution in [0, 0.1) is 11.8 Å². The Balaban J connectivity index is 1.58. The molecule has 0 aromatic heterocycles. The van der Waals surface area contributed by atoms with Crippen LogP contribution >= 0.6 is 11.6 Å². The van der Waals surface area contributed by atoms with Gasteiger partial charge in [0.25, 0.3) is 5.91 Å². The molecule has 2 fully saturated rings. The van der Waals surface area contributed by atoms with Crippen molar-refractivity contribution in [1.29, 1.82) is 0 Å². The first-order valence-electron chi connectivity index (χ1n) is 9.65. The van der Waals surface area contributed by atoms with Gasteiger partial charge in [0.2, 0.25) is 5.91 Å². The molecule has 0 bridgehead atoms. The Hall–Kier alpha value is -2.01. The molecule has 2 amide bonds. The fourth-order valence-corrected chi connectivity index (χ4v) is 3.80. The van der Waals surface area contributed by atoms with Crippen molar-refractivity contribution in [2.45, 2.75) is 51.7 Å². The van der Waals surface area contributed by atoms with Crippen LogP contribution in [0.3, 0.4) is 0 Å². The van der Waals surface area contributed by atoms with Crippen molar-refractivity contribution >= 4 is 29.5 Å². The smallest absolute Gasteiger partial charge is 0.286 e. The first kappa shape index (κ1) is 19.7. The number of benzene rings is 1. The highest BCUT2D eigenvalue weighted by molar-refractivity contribution is 6.30. The zero-order valence-corrected chi connectivity index (χ0v) is 16.6. The number of nitrogens with one attached hydrogen (secondary N) is 2. The van der Waals surface area contributed by atoms with Gasteiger partial charge in [-0.3, -0.25) is 9.59 Å². The summed E-state index contributed by atoms with van der Waals surface area (Å²) in [5, 5.41) is 6.65. The van der Waals surface area contributed by atoms with E-state index in [1.165, 1.54) is 0 Å². The van der Waals surface area contributed by atoms with Gasteiger partial charge in [-0.25, -0.2) is 0 Å². The normalized spacial score (nSPS) is 26.3. The van der Waals surface area contributed by atoms with Crippen LogP contribution in [0.1, 0.15) is 45.1 Å². The second kappa shape index (κ2) is 8.79. The Morgan fingerprint density at radius 1 is 1.41 bits per heavy atom. The van der Waals surface area contributed by atoms with Crippen LogP contribution in [-0.4, -0.2) is 30.5 Å². The number of hydrogen-bond acceptors (Lipinski definition) is 3. The van der Waals surface area contributed by atoms with E-state index in [0.717, 1.165) is 24.8 Å². The lowest BCUT2D eigenvalue weighted by atomic mass is 9.82. The van der Waals surface area contributed by atoms with Crippen LogP contribution in [0.4, 0.5) is 0 Å². The van der Waals surface area contributed by atoms with E-state index < -0.39 is 0 Å². The molecule has 5 nitrogen and oxygen atoms in total. The van der Waals surface area contributed by atoms with E-state index in [-0.39, 0.29) is 29.9 Å². The van der Waals surface area contributed by atoms with Gasteiger partial charge < -0.3 is 15.4 Å². The molecule has 1 aromatic rings. The summed E-state index contributed by atoms with van der Waals surface area (Å²) < 4.78 is 5.96. The van der Waals surface area contributed by atoms with Gasteiger partial charge in [0, 0.05) is 17.5 Å². The summed E-state index contributed by atoms with van der Waals surface area (Å²) in [7, 11) is 0. The number of ether oxygens (including phenoxy) is 1. The highest BCUT2D eigenvalue weighted by atomic mass is 35.5. The van der Waals surface area contributed by atoms with Gasteiger partial charge in [-0.2, -0.15) is 0 Å². The summed E-state index contributed by atoms with van der Waals surface area (Å²) in [5.74, 6) is 0.650. The van der Waals surface area contributed by atoms with Crippen LogP contribution in [0.5, 0.6) is 0 Å². The summed E-state index contributed by atoms with van der Waals surface area (Å²) in [4.78, 5) is 24.8. The molecule has 1 saturated carbocycles. The van der Waals surface area contributed by atoms with Crippen LogP contribution < -0.4 is 10.6 Å². The molecule has 1 aliphatic carbocycles. The van der Waals surface area contributed by atoms with Crippen molar-refractivity contribution in [3.05, 3.63) is 40.6 Å². The second-order valence-electron chi connectivity index (χ2n) is 7.78. The maximum atomic E-state index is 12.4. The maximum absolute atomic E-state index is 12.4. The van der Waals surface area contributed by atoms with E-state index in [9.17, 15) is 9.59 Å². The lowest BCUT2D eigenvalue weighted by Gasteiger charge is -2.39. The second-order valence-corrected chi connectivity index (χ2v) is 8.22. The molecule has 0 spiro atoms. The largest absolute Gasteiger partial charge is 0.483 e. The minimum Gasteiger partial charge on any atom is -0.483 e. The fraction of sp³-hybridized carbons (Fsp3) is 0.524. The minimum absolute atomic E-state index is 0.0687. The monoisotopic (exact) mass is 390 g/mol. The summed E-state index contributed by atoms with van der Waals surface area (Å²) in [5.41, 5.74) is 0.823. The molecule has 3 atom stereocenters. The molecule has 146 valence electrons. The lowest BCUT2D eigenvalue weighted by molar-refractivity contribution is -0.134. The quantitative estimate of drug-likeness (QED) is 0.756. The van der Waals surface area contributed by atoms with Crippen molar-refractivity contribution in [3.8, 4) is 0 Å². The summed E-state index contributed by atoms with van der Waals surface area (Å²) in [6, 6.07) is 7.16. The van der Waals surface area contributed by atoms with E-state index in [1.54, 1.807) is 18.2 Å². The van der Waals surface area contributed by atoms with Gasteiger partial charge in [-0.15, -0.1) is 0 Å². The van der Waals surface area contributed by atoms with E-state index in [0.29, 0.717) is 29.7 Å². The molecular formula is C21H27ClN2O3. The van der Waals surface area contributed by atoms with Crippen molar-refractivity contribution < 1.29 is 14.3 Å². The Kier molecular flexibility index (Phi) is 6.42. The molecule has 1 saturated heterocycles. The number of rotatable bonds is 5. The van der Waals surface area contributed by atoms with Crippen LogP contribution in [0.15, 0.2) is 30.0 Å². The number of fused-ring (bicyclic) bond motifs is 1. The van der Waals surface area contributed by atoms with E-state index in [2.05, 4.69) is 24.5 Å². The maximum Gasteiger partial charge on any atom is 0.286 e. The van der Waals surface area contributed by atoms with Gasteiger partial charge in [0.05, 0.1) is 6.04 Å². The third-order valence-corrected chi connectivity index (χ3v) is 5.38. The Morgan fingerprint density at radius 3 is 2.96 bits per heavy atom. The number of morpholine rings is 1. The zero-order chi connectivity index (χ0) is 19.4. The SMILES string of the molecule is CC(C)CCNC(=O)C1CCC2O/C(=C\c3cccc(Cl)c3)C(=O)NC2C1. The van der Waals surface area contributed by atoms with Crippen molar-refractivity contribution in [2.24, 2.45) is 11.8 Å². The Labute approximate surface area is 165 Å². The first-order valence-corrected chi connectivity index (χ1v) is 10.0. The summed E-state index contributed by atoms with van der Waals surface area (Å²) in [6.45, 7) is 4.98. The molecular weight excluding hydrogens is 364 g/mol. The predicted octanol–water partition coefficient (Wildman–Crippen LogP) is 3.53. The number of carbonyl (C=O) groups is 2. The highest BCUT2D eigenvalue weighted by Crippen LogP contribution is 2.31. The topological polar surface area (TPSA) is 67.4 Å². The van der Waals surface area contributed by atoms with Gasteiger partial charge in [0.15, 0.2) is 5.76 Å². The first-order chi connectivity index (χ1) is 12.9. The molecule has 1 heterocycles. The number of hydrogen-bond donors (Lipinski definition) is 2. The van der Waals surface area contributed by atoms with Gasteiger partial charge >= 0.3 is 0 Å². The van der Waals surface area contributed by atoms with Crippen LogP contribution in [0.25, 0.3) is 6.08 Å². The molecule has 3 rings (SSSR count). The van der Waals surface area contributed by atoms with E-state index in [4.69, 9.17) is 16.3 Å².